The summed E-state index contributed by atoms with van der Waals surface area (Å²) < 4.78 is 13.5. The van der Waals surface area contributed by atoms with Gasteiger partial charge in [-0.2, -0.15) is 0 Å². The summed E-state index contributed by atoms with van der Waals surface area (Å²) in [6.07, 6.45) is 2.35. The van der Waals surface area contributed by atoms with Crippen LogP contribution in [0, 0.1) is 5.82 Å². The van der Waals surface area contributed by atoms with Crippen LogP contribution in [0.1, 0.15) is 12.0 Å². The van der Waals surface area contributed by atoms with E-state index >= 15 is 0 Å². The van der Waals surface area contributed by atoms with Gasteiger partial charge in [0, 0.05) is 19.3 Å². The van der Waals surface area contributed by atoms with Crippen LogP contribution in [-0.4, -0.2) is 30.0 Å². The van der Waals surface area contributed by atoms with E-state index in [0.717, 1.165) is 19.5 Å². The zero-order valence-corrected chi connectivity index (χ0v) is 12.8. The van der Waals surface area contributed by atoms with Crippen LogP contribution in [-0.2, 0) is 6.54 Å². The Hall–Kier alpha value is -1.65. The van der Waals surface area contributed by atoms with Crippen molar-refractivity contribution in [2.24, 2.45) is 0 Å². The van der Waals surface area contributed by atoms with Gasteiger partial charge in [0.1, 0.15) is 0 Å². The summed E-state index contributed by atoms with van der Waals surface area (Å²) in [7, 11) is 2.08. The summed E-state index contributed by atoms with van der Waals surface area (Å²) in [6, 6.07) is 11.6. The van der Waals surface area contributed by atoms with Crippen molar-refractivity contribution in [3.8, 4) is 0 Å². The molecule has 1 N–H and O–H groups in total. The highest BCUT2D eigenvalue weighted by Gasteiger charge is 2.04. The molecule has 0 amide bonds. The van der Waals surface area contributed by atoms with Gasteiger partial charge in [-0.15, -0.1) is 0 Å². The Bertz CT molecular complexity index is 563. The fourth-order valence-electron chi connectivity index (χ4n) is 2.07. The molecular weight excluding hydrogens is 289 g/mol. The van der Waals surface area contributed by atoms with Crippen molar-refractivity contribution in [3.63, 3.8) is 0 Å². The molecule has 0 aliphatic rings. The standard InChI is InChI=1S/C16H19ClFN3/c1-21(12-13-6-3-2-4-7-13)9-5-8-19-16-15(18)10-14(17)11-20-16/h2-4,6-7,10-11H,5,8-9,12H2,1H3,(H,19,20). The normalized spacial score (nSPS) is 10.9. The number of nitrogens with zero attached hydrogens (tertiary/aromatic N) is 2. The minimum absolute atomic E-state index is 0.255. The zero-order chi connectivity index (χ0) is 15.1. The number of pyridine rings is 1. The number of benzene rings is 1. The van der Waals surface area contributed by atoms with Gasteiger partial charge in [-0.25, -0.2) is 9.37 Å². The van der Waals surface area contributed by atoms with E-state index in [9.17, 15) is 4.39 Å². The number of nitrogens with one attached hydrogen (secondary N) is 1. The molecule has 0 spiro atoms. The van der Waals surface area contributed by atoms with E-state index < -0.39 is 5.82 Å². The summed E-state index contributed by atoms with van der Waals surface area (Å²) in [5.74, 6) is -0.162. The van der Waals surface area contributed by atoms with Crippen molar-refractivity contribution in [2.45, 2.75) is 13.0 Å². The summed E-state index contributed by atoms with van der Waals surface area (Å²) in [5, 5.41) is 3.29. The SMILES string of the molecule is CN(CCCNc1ncc(Cl)cc1F)Cc1ccccc1. The Balaban J connectivity index is 1.69. The van der Waals surface area contributed by atoms with Crippen LogP contribution in [0.25, 0.3) is 0 Å². The first-order chi connectivity index (χ1) is 10.1. The molecule has 0 bridgehead atoms. The molecule has 0 unspecified atom stereocenters. The molecule has 1 heterocycles. The number of halogens is 2. The minimum Gasteiger partial charge on any atom is -0.368 e. The minimum atomic E-state index is -0.417. The Kier molecular flexibility index (Phi) is 5.96. The van der Waals surface area contributed by atoms with E-state index in [2.05, 4.69) is 34.4 Å². The fourth-order valence-corrected chi connectivity index (χ4v) is 2.22. The lowest BCUT2D eigenvalue weighted by Gasteiger charge is -2.17. The Labute approximate surface area is 129 Å². The summed E-state index contributed by atoms with van der Waals surface area (Å²) in [6.45, 7) is 2.51. The fraction of sp³-hybridized carbons (Fsp3) is 0.312. The molecule has 5 heteroatoms. The highest BCUT2D eigenvalue weighted by atomic mass is 35.5. The van der Waals surface area contributed by atoms with Gasteiger partial charge >= 0.3 is 0 Å². The lowest BCUT2D eigenvalue weighted by molar-refractivity contribution is 0.325. The Morgan fingerprint density at radius 1 is 1.29 bits per heavy atom. The van der Waals surface area contributed by atoms with E-state index in [4.69, 9.17) is 11.6 Å². The van der Waals surface area contributed by atoms with Crippen LogP contribution in [0.4, 0.5) is 10.2 Å². The van der Waals surface area contributed by atoms with Gasteiger partial charge in [0.05, 0.1) is 5.02 Å². The average molecular weight is 308 g/mol. The molecule has 21 heavy (non-hydrogen) atoms. The van der Waals surface area contributed by atoms with E-state index in [0.29, 0.717) is 11.6 Å². The van der Waals surface area contributed by atoms with Crippen molar-refractivity contribution in [1.82, 2.24) is 9.88 Å². The van der Waals surface area contributed by atoms with Crippen molar-refractivity contribution in [3.05, 3.63) is 59.0 Å². The van der Waals surface area contributed by atoms with Crippen molar-refractivity contribution in [1.29, 1.82) is 0 Å². The van der Waals surface area contributed by atoms with Crippen LogP contribution in [0.3, 0.4) is 0 Å². The maximum atomic E-state index is 13.5. The predicted molar refractivity (Wildman–Crippen MR) is 85.1 cm³/mol. The number of anilines is 1. The second-order valence-corrected chi connectivity index (χ2v) is 5.42. The summed E-state index contributed by atoms with van der Waals surface area (Å²) in [5.41, 5.74) is 1.29. The summed E-state index contributed by atoms with van der Waals surface area (Å²) in [4.78, 5) is 6.17. The largest absolute Gasteiger partial charge is 0.368 e. The van der Waals surface area contributed by atoms with Gasteiger partial charge < -0.3 is 10.2 Å². The summed E-state index contributed by atoms with van der Waals surface area (Å²) >= 11 is 5.66. The third kappa shape index (κ3) is 5.33. The van der Waals surface area contributed by atoms with E-state index in [-0.39, 0.29) is 5.82 Å². The second kappa shape index (κ2) is 7.96. The lowest BCUT2D eigenvalue weighted by atomic mass is 10.2. The number of hydrogen-bond donors (Lipinski definition) is 1. The number of hydrogen-bond acceptors (Lipinski definition) is 3. The molecule has 0 saturated carbocycles. The molecule has 0 radical (unpaired) electrons. The molecule has 1 aromatic carbocycles. The highest BCUT2D eigenvalue weighted by molar-refractivity contribution is 6.30. The first-order valence-corrected chi connectivity index (χ1v) is 7.30. The maximum Gasteiger partial charge on any atom is 0.166 e. The van der Waals surface area contributed by atoms with Crippen LogP contribution < -0.4 is 5.32 Å². The zero-order valence-electron chi connectivity index (χ0n) is 12.0. The van der Waals surface area contributed by atoms with Crippen LogP contribution in [0.2, 0.25) is 5.02 Å². The van der Waals surface area contributed by atoms with Gasteiger partial charge in [0.25, 0.3) is 0 Å². The first-order valence-electron chi connectivity index (χ1n) is 6.92. The molecule has 0 fully saturated rings. The molecule has 0 atom stereocenters. The Morgan fingerprint density at radius 3 is 2.76 bits per heavy atom. The van der Waals surface area contributed by atoms with Crippen LogP contribution in [0.15, 0.2) is 42.6 Å². The number of rotatable bonds is 7. The van der Waals surface area contributed by atoms with Gasteiger partial charge in [-0.05, 0) is 31.6 Å². The van der Waals surface area contributed by atoms with Gasteiger partial charge in [0.15, 0.2) is 11.6 Å². The van der Waals surface area contributed by atoms with Gasteiger partial charge in [-0.1, -0.05) is 41.9 Å². The quantitative estimate of drug-likeness (QED) is 0.788. The highest BCUT2D eigenvalue weighted by Crippen LogP contribution is 2.15. The molecule has 2 aromatic rings. The third-order valence-electron chi connectivity index (χ3n) is 3.11. The van der Waals surface area contributed by atoms with E-state index in [1.807, 2.05) is 18.2 Å². The molecule has 1 aromatic heterocycles. The van der Waals surface area contributed by atoms with Crippen molar-refractivity contribution in [2.75, 3.05) is 25.5 Å². The van der Waals surface area contributed by atoms with E-state index in [1.54, 1.807) is 0 Å². The second-order valence-electron chi connectivity index (χ2n) is 4.99. The maximum absolute atomic E-state index is 13.5. The predicted octanol–water partition coefficient (Wildman–Crippen LogP) is 3.81. The number of aromatic nitrogens is 1. The lowest BCUT2D eigenvalue weighted by Crippen LogP contribution is -2.21. The van der Waals surface area contributed by atoms with Crippen LogP contribution in [0.5, 0.6) is 0 Å². The molecule has 2 rings (SSSR count). The topological polar surface area (TPSA) is 28.2 Å². The van der Waals surface area contributed by atoms with Gasteiger partial charge in [-0.3, -0.25) is 0 Å². The van der Waals surface area contributed by atoms with E-state index in [1.165, 1.54) is 17.8 Å². The molecule has 112 valence electrons. The van der Waals surface area contributed by atoms with Gasteiger partial charge in [0.2, 0.25) is 0 Å². The Morgan fingerprint density at radius 2 is 2.05 bits per heavy atom. The molecule has 3 nitrogen and oxygen atoms in total. The van der Waals surface area contributed by atoms with Crippen LogP contribution >= 0.6 is 11.6 Å². The molecule has 0 saturated heterocycles. The average Bonchev–Trinajstić information content (AvgIpc) is 2.46. The molecular formula is C16H19ClFN3. The monoisotopic (exact) mass is 307 g/mol. The molecule has 0 aliphatic heterocycles. The first kappa shape index (κ1) is 15.7. The van der Waals surface area contributed by atoms with Crippen molar-refractivity contribution >= 4 is 17.4 Å². The van der Waals surface area contributed by atoms with Crippen molar-refractivity contribution < 1.29 is 4.39 Å². The molecule has 0 aliphatic carbocycles. The third-order valence-corrected chi connectivity index (χ3v) is 3.32. The smallest absolute Gasteiger partial charge is 0.166 e.